The molecule has 6 nitrogen and oxygen atoms in total. The van der Waals surface area contributed by atoms with Crippen LogP contribution in [0.2, 0.25) is 5.02 Å². The van der Waals surface area contributed by atoms with Gasteiger partial charge in [0.25, 0.3) is 0 Å². The van der Waals surface area contributed by atoms with Crippen LogP contribution in [0.4, 0.5) is 17.6 Å². The van der Waals surface area contributed by atoms with Crippen molar-refractivity contribution in [1.29, 1.82) is 0 Å². The van der Waals surface area contributed by atoms with Gasteiger partial charge in [0, 0.05) is 50.3 Å². The van der Waals surface area contributed by atoms with E-state index in [2.05, 4.69) is 4.90 Å². The van der Waals surface area contributed by atoms with Gasteiger partial charge in [0.05, 0.1) is 6.04 Å². The lowest BCUT2D eigenvalue weighted by molar-refractivity contribution is -0.184. The van der Waals surface area contributed by atoms with Crippen LogP contribution < -0.4 is 5.73 Å². The van der Waals surface area contributed by atoms with Crippen LogP contribution in [0.15, 0.2) is 48.5 Å². The van der Waals surface area contributed by atoms with Gasteiger partial charge in [-0.25, -0.2) is 4.39 Å². The minimum absolute atomic E-state index is 0.137. The summed E-state index contributed by atoms with van der Waals surface area (Å²) < 4.78 is 52.6. The van der Waals surface area contributed by atoms with Crippen molar-refractivity contribution < 1.29 is 27.2 Å². The van der Waals surface area contributed by atoms with Crippen LogP contribution in [0.1, 0.15) is 30.9 Å². The number of hydrogen-bond acceptors (Lipinski definition) is 4. The number of nitrogens with two attached hydrogens (primary N) is 1. The number of amides is 2. The SMILES string of the molecule is CCCC1CN(C(Cc2cccc(Cl)c2)CN(C)C(=O)C(F)(F)F)CCN1C(=O)C(N)Cc1ccc(F)cc1. The monoisotopic (exact) mass is 570 g/mol. The summed E-state index contributed by atoms with van der Waals surface area (Å²) in [7, 11) is 1.15. The van der Waals surface area contributed by atoms with Crippen LogP contribution in [0.3, 0.4) is 0 Å². The Kier molecular flexibility index (Phi) is 10.7. The van der Waals surface area contributed by atoms with Gasteiger partial charge in [0.1, 0.15) is 5.82 Å². The molecule has 2 N–H and O–H groups in total. The molecule has 0 aromatic heterocycles. The van der Waals surface area contributed by atoms with Gasteiger partial charge in [-0.1, -0.05) is 49.2 Å². The van der Waals surface area contributed by atoms with Gasteiger partial charge in [-0.3, -0.25) is 14.5 Å². The molecule has 1 fully saturated rings. The quantitative estimate of drug-likeness (QED) is 0.433. The summed E-state index contributed by atoms with van der Waals surface area (Å²) in [6, 6.07) is 11.5. The molecule has 1 aliphatic heterocycles. The Morgan fingerprint density at radius 2 is 1.79 bits per heavy atom. The van der Waals surface area contributed by atoms with Crippen LogP contribution >= 0.6 is 11.6 Å². The summed E-state index contributed by atoms with van der Waals surface area (Å²) >= 11 is 6.14. The summed E-state index contributed by atoms with van der Waals surface area (Å²) in [5.74, 6) is -2.48. The average Bonchev–Trinajstić information content (AvgIpc) is 2.88. The molecule has 3 rings (SSSR count). The molecule has 11 heteroatoms. The highest BCUT2D eigenvalue weighted by Gasteiger charge is 2.42. The van der Waals surface area contributed by atoms with Crippen molar-refractivity contribution >= 4 is 23.4 Å². The molecule has 3 atom stereocenters. The first-order valence-electron chi connectivity index (χ1n) is 13.0. The zero-order valence-electron chi connectivity index (χ0n) is 22.1. The summed E-state index contributed by atoms with van der Waals surface area (Å²) in [6.45, 7) is 3.06. The number of hydrogen-bond donors (Lipinski definition) is 1. The zero-order valence-corrected chi connectivity index (χ0v) is 22.9. The molecule has 2 aromatic rings. The Bertz CT molecular complexity index is 1120. The first-order valence-corrected chi connectivity index (χ1v) is 13.4. The normalized spacial score (nSPS) is 18.1. The van der Waals surface area contributed by atoms with E-state index in [9.17, 15) is 27.2 Å². The van der Waals surface area contributed by atoms with E-state index in [0.29, 0.717) is 42.4 Å². The van der Waals surface area contributed by atoms with Crippen molar-refractivity contribution in [3.05, 3.63) is 70.5 Å². The summed E-state index contributed by atoms with van der Waals surface area (Å²) in [5, 5.41) is 0.514. The highest BCUT2D eigenvalue weighted by atomic mass is 35.5. The Morgan fingerprint density at radius 3 is 2.41 bits per heavy atom. The van der Waals surface area contributed by atoms with Crippen LogP contribution in [0.5, 0.6) is 0 Å². The molecule has 0 aliphatic carbocycles. The fourth-order valence-corrected chi connectivity index (χ4v) is 5.33. The smallest absolute Gasteiger partial charge is 0.336 e. The topological polar surface area (TPSA) is 69.9 Å². The second kappa shape index (κ2) is 13.6. The summed E-state index contributed by atoms with van der Waals surface area (Å²) in [6.07, 6.45) is -2.84. The number of halogens is 5. The molecule has 0 radical (unpaired) electrons. The zero-order chi connectivity index (χ0) is 28.7. The molecule has 1 aliphatic rings. The van der Waals surface area contributed by atoms with Gasteiger partial charge in [-0.05, 0) is 54.7 Å². The number of carbonyl (C=O) groups excluding carboxylic acids is 2. The Labute approximate surface area is 231 Å². The molecule has 0 spiro atoms. The maximum atomic E-state index is 13.4. The minimum Gasteiger partial charge on any atom is -0.336 e. The Morgan fingerprint density at radius 1 is 1.10 bits per heavy atom. The first-order chi connectivity index (χ1) is 18.4. The van der Waals surface area contributed by atoms with Gasteiger partial charge in [-0.15, -0.1) is 0 Å². The van der Waals surface area contributed by atoms with Gasteiger partial charge in [0.2, 0.25) is 5.91 Å². The molecule has 1 saturated heterocycles. The number of piperazine rings is 1. The molecule has 2 amide bonds. The van der Waals surface area contributed by atoms with E-state index >= 15 is 0 Å². The third-order valence-electron chi connectivity index (χ3n) is 7.06. The van der Waals surface area contributed by atoms with E-state index in [-0.39, 0.29) is 30.7 Å². The predicted molar refractivity (Wildman–Crippen MR) is 143 cm³/mol. The number of benzene rings is 2. The van der Waals surface area contributed by atoms with Crippen molar-refractivity contribution in [2.75, 3.05) is 33.2 Å². The number of carbonyl (C=O) groups is 2. The largest absolute Gasteiger partial charge is 0.471 e. The highest BCUT2D eigenvalue weighted by Crippen LogP contribution is 2.24. The minimum atomic E-state index is -4.97. The molecule has 3 unspecified atom stereocenters. The Hall–Kier alpha value is -2.69. The van der Waals surface area contributed by atoms with Crippen molar-refractivity contribution in [2.24, 2.45) is 5.73 Å². The number of likely N-dealkylation sites (N-methyl/N-ethyl adjacent to an activating group) is 1. The van der Waals surface area contributed by atoms with E-state index in [1.807, 2.05) is 13.0 Å². The van der Waals surface area contributed by atoms with Gasteiger partial charge < -0.3 is 15.5 Å². The Balaban J connectivity index is 1.77. The molecule has 39 heavy (non-hydrogen) atoms. The fourth-order valence-electron chi connectivity index (χ4n) is 5.12. The van der Waals surface area contributed by atoms with Crippen LogP contribution in [0, 0.1) is 5.82 Å². The van der Waals surface area contributed by atoms with E-state index < -0.39 is 24.2 Å². The molecule has 1 heterocycles. The van der Waals surface area contributed by atoms with Crippen molar-refractivity contribution in [3.63, 3.8) is 0 Å². The third-order valence-corrected chi connectivity index (χ3v) is 7.29. The lowest BCUT2D eigenvalue weighted by Gasteiger charge is -2.46. The van der Waals surface area contributed by atoms with Crippen molar-refractivity contribution in [1.82, 2.24) is 14.7 Å². The van der Waals surface area contributed by atoms with Crippen LogP contribution in [-0.2, 0) is 22.4 Å². The predicted octanol–water partition coefficient (Wildman–Crippen LogP) is 4.29. The van der Waals surface area contributed by atoms with Crippen LogP contribution in [0.25, 0.3) is 0 Å². The molecule has 0 bridgehead atoms. The number of rotatable bonds is 10. The average molecular weight is 571 g/mol. The molecular weight excluding hydrogens is 536 g/mol. The highest BCUT2D eigenvalue weighted by molar-refractivity contribution is 6.30. The number of alkyl halides is 3. The van der Waals surface area contributed by atoms with Gasteiger partial charge in [-0.2, -0.15) is 13.2 Å². The fraction of sp³-hybridized carbons (Fsp3) is 0.500. The lowest BCUT2D eigenvalue weighted by atomic mass is 9.98. The summed E-state index contributed by atoms with van der Waals surface area (Å²) in [4.78, 5) is 29.8. The van der Waals surface area contributed by atoms with E-state index in [4.69, 9.17) is 17.3 Å². The third kappa shape index (κ3) is 8.65. The maximum Gasteiger partial charge on any atom is 0.471 e. The molecular formula is C28H35ClF4N4O2. The van der Waals surface area contributed by atoms with Crippen LogP contribution in [-0.4, -0.2) is 84.0 Å². The number of nitrogens with zero attached hydrogens (tertiary/aromatic N) is 3. The summed E-state index contributed by atoms with van der Waals surface area (Å²) in [5.41, 5.74) is 7.86. The standard InChI is InChI=1S/C28H35ClF4N4O2/c1-3-5-23-18-36(12-13-37(23)26(38)25(34)16-19-8-10-22(30)11-9-19)24(15-20-6-4-7-21(29)14-20)17-35(2)27(39)28(31,32)33/h4,6-11,14,23-25H,3,5,12-13,15-18,34H2,1-2H3. The van der Waals surface area contributed by atoms with E-state index in [0.717, 1.165) is 24.6 Å². The second-order valence-corrected chi connectivity index (χ2v) is 10.5. The van der Waals surface area contributed by atoms with E-state index in [1.54, 1.807) is 35.2 Å². The van der Waals surface area contributed by atoms with E-state index in [1.165, 1.54) is 12.1 Å². The van der Waals surface area contributed by atoms with Gasteiger partial charge >= 0.3 is 12.1 Å². The van der Waals surface area contributed by atoms with Gasteiger partial charge in [0.15, 0.2) is 0 Å². The molecule has 0 saturated carbocycles. The lowest BCUT2D eigenvalue weighted by Crippen LogP contribution is -2.62. The maximum absolute atomic E-state index is 13.4. The molecule has 214 valence electrons. The first kappa shape index (κ1) is 30.8. The molecule has 2 aromatic carbocycles. The van der Waals surface area contributed by atoms with Crippen molar-refractivity contribution in [3.8, 4) is 0 Å². The van der Waals surface area contributed by atoms with Crippen molar-refractivity contribution in [2.45, 2.75) is 56.9 Å². The second-order valence-electron chi connectivity index (χ2n) is 10.1.